The number of pyridine rings is 1. The third-order valence-electron chi connectivity index (χ3n) is 3.48. The second kappa shape index (κ2) is 7.13. The number of likely N-dealkylation sites (N-methyl/N-ethyl adjacent to an activating group) is 1. The van der Waals surface area contributed by atoms with Gasteiger partial charge in [-0.25, -0.2) is 4.98 Å². The average molecular weight is 301 g/mol. The molecule has 0 bridgehead atoms. The van der Waals surface area contributed by atoms with Crippen molar-refractivity contribution in [1.29, 1.82) is 0 Å². The van der Waals surface area contributed by atoms with E-state index >= 15 is 0 Å². The number of ether oxygens (including phenoxy) is 2. The minimum absolute atomic E-state index is 0.482. The Morgan fingerprint density at radius 2 is 1.82 bits per heavy atom. The number of nitrogens with zero attached hydrogens (tertiary/aromatic N) is 2. The summed E-state index contributed by atoms with van der Waals surface area (Å²) in [4.78, 5) is 6.50. The molecule has 1 aromatic carbocycles. The second-order valence-corrected chi connectivity index (χ2v) is 5.37. The van der Waals surface area contributed by atoms with Crippen LogP contribution in [0.15, 0.2) is 30.3 Å². The molecule has 5 nitrogen and oxygen atoms in total. The molecule has 2 rings (SSSR count). The van der Waals surface area contributed by atoms with Crippen LogP contribution < -0.4 is 15.2 Å². The van der Waals surface area contributed by atoms with Crippen LogP contribution in [0.3, 0.4) is 0 Å². The zero-order valence-electron chi connectivity index (χ0n) is 13.6. The van der Waals surface area contributed by atoms with Crippen LogP contribution in [-0.4, -0.2) is 44.7 Å². The molecule has 2 N–H and O–H groups in total. The van der Waals surface area contributed by atoms with Gasteiger partial charge in [0.25, 0.3) is 0 Å². The fourth-order valence-corrected chi connectivity index (χ4v) is 2.30. The number of anilines is 1. The smallest absolute Gasteiger partial charge is 0.128 e. The molecule has 0 unspecified atom stereocenters. The van der Waals surface area contributed by atoms with Gasteiger partial charge in [-0.05, 0) is 50.3 Å². The van der Waals surface area contributed by atoms with Gasteiger partial charge in [0, 0.05) is 12.1 Å². The summed E-state index contributed by atoms with van der Waals surface area (Å²) in [6.07, 6.45) is 0.886. The van der Waals surface area contributed by atoms with E-state index < -0.39 is 0 Å². The van der Waals surface area contributed by atoms with Crippen LogP contribution in [0.5, 0.6) is 11.5 Å². The largest absolute Gasteiger partial charge is 0.496 e. The van der Waals surface area contributed by atoms with Crippen molar-refractivity contribution >= 4 is 5.82 Å². The van der Waals surface area contributed by atoms with Gasteiger partial charge < -0.3 is 20.1 Å². The Kier molecular flexibility index (Phi) is 5.22. The lowest BCUT2D eigenvalue weighted by Gasteiger charge is -2.16. The van der Waals surface area contributed by atoms with Crippen molar-refractivity contribution in [1.82, 2.24) is 9.88 Å². The quantitative estimate of drug-likeness (QED) is 0.888. The molecule has 0 atom stereocenters. The highest BCUT2D eigenvalue weighted by Crippen LogP contribution is 2.35. The predicted octanol–water partition coefficient (Wildman–Crippen LogP) is 2.45. The summed E-state index contributed by atoms with van der Waals surface area (Å²) in [5, 5.41) is 0. The zero-order valence-corrected chi connectivity index (χ0v) is 13.6. The van der Waals surface area contributed by atoms with Gasteiger partial charge in [0.15, 0.2) is 0 Å². The maximum atomic E-state index is 5.78. The van der Waals surface area contributed by atoms with E-state index in [9.17, 15) is 0 Å². The van der Waals surface area contributed by atoms with Gasteiger partial charge in [0.1, 0.15) is 17.3 Å². The van der Waals surface area contributed by atoms with Crippen molar-refractivity contribution in [2.45, 2.75) is 6.42 Å². The van der Waals surface area contributed by atoms with Crippen LogP contribution in [0.25, 0.3) is 11.3 Å². The highest BCUT2D eigenvalue weighted by molar-refractivity contribution is 5.71. The van der Waals surface area contributed by atoms with E-state index in [-0.39, 0.29) is 0 Å². The molecule has 1 heterocycles. The number of hydrogen-bond donors (Lipinski definition) is 1. The van der Waals surface area contributed by atoms with Crippen molar-refractivity contribution in [3.05, 3.63) is 35.9 Å². The Morgan fingerprint density at radius 1 is 1.09 bits per heavy atom. The maximum absolute atomic E-state index is 5.78. The lowest BCUT2D eigenvalue weighted by molar-refractivity contribution is 0.386. The molecule has 0 radical (unpaired) electrons. The highest BCUT2D eigenvalue weighted by Gasteiger charge is 2.14. The summed E-state index contributed by atoms with van der Waals surface area (Å²) < 4.78 is 11.1. The molecular weight excluding hydrogens is 278 g/mol. The topological polar surface area (TPSA) is 60.6 Å². The van der Waals surface area contributed by atoms with E-state index in [0.717, 1.165) is 41.3 Å². The molecule has 5 heteroatoms. The third kappa shape index (κ3) is 3.68. The Hall–Kier alpha value is -2.27. The summed E-state index contributed by atoms with van der Waals surface area (Å²) >= 11 is 0. The van der Waals surface area contributed by atoms with Crippen molar-refractivity contribution < 1.29 is 9.47 Å². The Labute approximate surface area is 131 Å². The van der Waals surface area contributed by atoms with Crippen LogP contribution >= 0.6 is 0 Å². The predicted molar refractivity (Wildman–Crippen MR) is 89.4 cm³/mol. The molecule has 22 heavy (non-hydrogen) atoms. The first kappa shape index (κ1) is 16.1. The number of nitrogen functional groups attached to an aromatic ring is 1. The summed E-state index contributed by atoms with van der Waals surface area (Å²) in [5.74, 6) is 2.09. The van der Waals surface area contributed by atoms with Crippen molar-refractivity contribution in [3.63, 3.8) is 0 Å². The van der Waals surface area contributed by atoms with Crippen molar-refractivity contribution in [3.8, 4) is 22.8 Å². The minimum atomic E-state index is 0.482. The molecule has 0 spiro atoms. The van der Waals surface area contributed by atoms with Gasteiger partial charge in [-0.1, -0.05) is 6.07 Å². The minimum Gasteiger partial charge on any atom is -0.496 e. The van der Waals surface area contributed by atoms with Gasteiger partial charge in [-0.2, -0.15) is 0 Å². The summed E-state index contributed by atoms with van der Waals surface area (Å²) in [7, 11) is 7.44. The lowest BCUT2D eigenvalue weighted by atomic mass is 10.0. The Balaban J connectivity index is 2.46. The van der Waals surface area contributed by atoms with Crippen LogP contribution in [0.2, 0.25) is 0 Å². The van der Waals surface area contributed by atoms with Crippen LogP contribution in [0.1, 0.15) is 5.56 Å². The number of aromatic nitrogens is 1. The number of rotatable bonds is 6. The SMILES string of the molecule is COc1cc(-c2cccc(N)n2)c(OC)cc1CCN(C)C. The zero-order chi connectivity index (χ0) is 16.1. The molecule has 0 aliphatic rings. The highest BCUT2D eigenvalue weighted by atomic mass is 16.5. The van der Waals surface area contributed by atoms with Crippen molar-refractivity contribution in [2.75, 3.05) is 40.6 Å². The first-order valence-electron chi connectivity index (χ1n) is 7.17. The van der Waals surface area contributed by atoms with Crippen LogP contribution in [0, 0.1) is 0 Å². The fraction of sp³-hybridized carbons (Fsp3) is 0.353. The number of methoxy groups -OCH3 is 2. The molecule has 118 valence electrons. The van der Waals surface area contributed by atoms with Crippen LogP contribution in [0.4, 0.5) is 5.82 Å². The van der Waals surface area contributed by atoms with E-state index in [2.05, 4.69) is 24.0 Å². The number of benzene rings is 1. The molecule has 0 fully saturated rings. The van der Waals surface area contributed by atoms with Crippen LogP contribution in [-0.2, 0) is 6.42 Å². The van der Waals surface area contributed by atoms with E-state index in [0.29, 0.717) is 5.82 Å². The molecule has 2 aromatic rings. The molecule has 1 aromatic heterocycles. The molecule has 0 aliphatic heterocycles. The maximum Gasteiger partial charge on any atom is 0.128 e. The van der Waals surface area contributed by atoms with E-state index in [1.165, 1.54) is 0 Å². The Bertz CT molecular complexity index is 642. The van der Waals surface area contributed by atoms with Gasteiger partial charge in [0.2, 0.25) is 0 Å². The summed E-state index contributed by atoms with van der Waals surface area (Å²) in [6.45, 7) is 0.940. The normalized spacial score (nSPS) is 10.8. The second-order valence-electron chi connectivity index (χ2n) is 5.37. The number of nitrogens with two attached hydrogens (primary N) is 1. The first-order valence-corrected chi connectivity index (χ1v) is 7.17. The van der Waals surface area contributed by atoms with Gasteiger partial charge in [0.05, 0.1) is 19.9 Å². The summed E-state index contributed by atoms with van der Waals surface area (Å²) in [6, 6.07) is 9.53. The van der Waals surface area contributed by atoms with Gasteiger partial charge in [-0.15, -0.1) is 0 Å². The third-order valence-corrected chi connectivity index (χ3v) is 3.48. The summed E-state index contributed by atoms with van der Waals surface area (Å²) in [5.41, 5.74) is 8.54. The van der Waals surface area contributed by atoms with E-state index in [4.69, 9.17) is 15.2 Å². The van der Waals surface area contributed by atoms with Gasteiger partial charge >= 0.3 is 0 Å². The molecule has 0 saturated carbocycles. The lowest BCUT2D eigenvalue weighted by Crippen LogP contribution is -2.15. The number of hydrogen-bond acceptors (Lipinski definition) is 5. The van der Waals surface area contributed by atoms with Crippen molar-refractivity contribution in [2.24, 2.45) is 0 Å². The fourth-order valence-electron chi connectivity index (χ4n) is 2.30. The first-order chi connectivity index (χ1) is 10.5. The van der Waals surface area contributed by atoms with Gasteiger partial charge in [-0.3, -0.25) is 0 Å². The molecule has 0 amide bonds. The van der Waals surface area contributed by atoms with E-state index in [1.807, 2.05) is 24.3 Å². The average Bonchev–Trinajstić information content (AvgIpc) is 2.51. The standard InChI is InChI=1S/C17H23N3O2/c1-20(2)9-8-12-10-16(22-4)13(11-15(12)21-3)14-6-5-7-17(18)19-14/h5-7,10-11H,8-9H2,1-4H3,(H2,18,19). The molecular formula is C17H23N3O2. The molecule has 0 saturated heterocycles. The Morgan fingerprint density at radius 3 is 2.41 bits per heavy atom. The van der Waals surface area contributed by atoms with E-state index in [1.54, 1.807) is 20.3 Å². The monoisotopic (exact) mass is 301 g/mol. The molecule has 0 aliphatic carbocycles.